The standard InChI is InChI=1S/C16H25NO3/c1-11(2)8-16(4,18)9-17-12(3)13-5-6-14-15(7-13)20-10-19-14/h5-7,11-12,17-18H,8-10H2,1-4H3. The largest absolute Gasteiger partial charge is 0.454 e. The molecule has 1 aliphatic heterocycles. The van der Waals surface area contributed by atoms with Gasteiger partial charge in [-0.1, -0.05) is 19.9 Å². The average molecular weight is 279 g/mol. The second kappa shape index (κ2) is 6.02. The van der Waals surface area contributed by atoms with Crippen LogP contribution in [0.4, 0.5) is 0 Å². The maximum Gasteiger partial charge on any atom is 0.231 e. The molecule has 2 atom stereocenters. The van der Waals surface area contributed by atoms with Gasteiger partial charge in [0.2, 0.25) is 6.79 Å². The fourth-order valence-electron chi connectivity index (χ4n) is 2.62. The van der Waals surface area contributed by atoms with Crippen LogP contribution in [-0.4, -0.2) is 24.0 Å². The van der Waals surface area contributed by atoms with Crippen LogP contribution in [0.5, 0.6) is 11.5 Å². The Balaban J connectivity index is 1.93. The van der Waals surface area contributed by atoms with Gasteiger partial charge in [-0.05, 0) is 43.9 Å². The lowest BCUT2D eigenvalue weighted by Gasteiger charge is -2.27. The van der Waals surface area contributed by atoms with Crippen LogP contribution in [0.3, 0.4) is 0 Å². The Labute approximate surface area is 121 Å². The first kappa shape index (κ1) is 15.1. The molecule has 1 aromatic rings. The Bertz CT molecular complexity index is 457. The molecule has 1 aliphatic rings. The van der Waals surface area contributed by atoms with E-state index in [0.29, 0.717) is 19.3 Å². The summed E-state index contributed by atoms with van der Waals surface area (Å²) in [5, 5.41) is 13.7. The normalized spacial score (nSPS) is 18.1. The van der Waals surface area contributed by atoms with E-state index in [1.807, 2.05) is 25.1 Å². The van der Waals surface area contributed by atoms with E-state index >= 15 is 0 Å². The minimum Gasteiger partial charge on any atom is -0.454 e. The highest BCUT2D eigenvalue weighted by molar-refractivity contribution is 5.45. The lowest BCUT2D eigenvalue weighted by molar-refractivity contribution is 0.0363. The first-order chi connectivity index (χ1) is 9.37. The summed E-state index contributed by atoms with van der Waals surface area (Å²) in [4.78, 5) is 0. The summed E-state index contributed by atoms with van der Waals surface area (Å²) in [5.74, 6) is 2.07. The molecule has 4 heteroatoms. The summed E-state index contributed by atoms with van der Waals surface area (Å²) in [7, 11) is 0. The zero-order chi connectivity index (χ0) is 14.8. The van der Waals surface area contributed by atoms with Crippen molar-refractivity contribution in [2.75, 3.05) is 13.3 Å². The molecular formula is C16H25NO3. The zero-order valence-corrected chi connectivity index (χ0v) is 12.8. The quantitative estimate of drug-likeness (QED) is 0.840. The highest BCUT2D eigenvalue weighted by Crippen LogP contribution is 2.34. The summed E-state index contributed by atoms with van der Waals surface area (Å²) in [6, 6.07) is 6.12. The fraction of sp³-hybridized carbons (Fsp3) is 0.625. The van der Waals surface area contributed by atoms with E-state index in [-0.39, 0.29) is 6.04 Å². The third kappa shape index (κ3) is 3.87. The predicted octanol–water partition coefficient (Wildman–Crippen LogP) is 2.86. The number of benzene rings is 1. The van der Waals surface area contributed by atoms with E-state index in [2.05, 4.69) is 26.1 Å². The van der Waals surface area contributed by atoms with E-state index in [4.69, 9.17) is 9.47 Å². The summed E-state index contributed by atoms with van der Waals surface area (Å²) >= 11 is 0. The Morgan fingerprint density at radius 3 is 2.65 bits per heavy atom. The SMILES string of the molecule is CC(C)CC(C)(O)CNC(C)c1ccc2c(c1)OCO2. The molecule has 20 heavy (non-hydrogen) atoms. The Morgan fingerprint density at radius 1 is 1.25 bits per heavy atom. The molecule has 0 saturated heterocycles. The summed E-state index contributed by atoms with van der Waals surface area (Å²) in [6.07, 6.45) is 0.786. The average Bonchev–Trinajstić information content (AvgIpc) is 2.81. The van der Waals surface area contributed by atoms with Gasteiger partial charge >= 0.3 is 0 Å². The number of nitrogens with one attached hydrogen (secondary N) is 1. The highest BCUT2D eigenvalue weighted by Gasteiger charge is 2.23. The van der Waals surface area contributed by atoms with Crippen LogP contribution in [-0.2, 0) is 0 Å². The minimum absolute atomic E-state index is 0.156. The molecule has 112 valence electrons. The van der Waals surface area contributed by atoms with Crippen molar-refractivity contribution in [3.8, 4) is 11.5 Å². The van der Waals surface area contributed by atoms with Gasteiger partial charge in [0.15, 0.2) is 11.5 Å². The van der Waals surface area contributed by atoms with Crippen molar-refractivity contribution >= 4 is 0 Å². The zero-order valence-electron chi connectivity index (χ0n) is 12.8. The van der Waals surface area contributed by atoms with Crippen molar-refractivity contribution in [1.29, 1.82) is 0 Å². The van der Waals surface area contributed by atoms with Gasteiger partial charge < -0.3 is 19.9 Å². The number of hydrogen-bond acceptors (Lipinski definition) is 4. The van der Waals surface area contributed by atoms with Crippen molar-refractivity contribution in [3.63, 3.8) is 0 Å². The summed E-state index contributed by atoms with van der Waals surface area (Å²) < 4.78 is 10.7. The van der Waals surface area contributed by atoms with Gasteiger partial charge in [0.25, 0.3) is 0 Å². The molecule has 1 heterocycles. The first-order valence-corrected chi connectivity index (χ1v) is 7.23. The van der Waals surface area contributed by atoms with Crippen molar-refractivity contribution < 1.29 is 14.6 Å². The van der Waals surface area contributed by atoms with Crippen molar-refractivity contribution in [3.05, 3.63) is 23.8 Å². The third-order valence-corrected chi connectivity index (χ3v) is 3.53. The minimum atomic E-state index is -0.682. The van der Waals surface area contributed by atoms with Crippen LogP contribution in [0.25, 0.3) is 0 Å². The number of rotatable bonds is 6. The Morgan fingerprint density at radius 2 is 1.95 bits per heavy atom. The number of hydrogen-bond donors (Lipinski definition) is 2. The molecule has 0 aromatic heterocycles. The second-order valence-electron chi connectivity index (χ2n) is 6.31. The Hall–Kier alpha value is -1.26. The number of fused-ring (bicyclic) bond motifs is 1. The topological polar surface area (TPSA) is 50.7 Å². The smallest absolute Gasteiger partial charge is 0.231 e. The van der Waals surface area contributed by atoms with Gasteiger partial charge in [-0.3, -0.25) is 0 Å². The van der Waals surface area contributed by atoms with Crippen LogP contribution in [0.1, 0.15) is 45.7 Å². The highest BCUT2D eigenvalue weighted by atomic mass is 16.7. The molecule has 0 spiro atoms. The van der Waals surface area contributed by atoms with Crippen molar-refractivity contribution in [2.24, 2.45) is 5.92 Å². The number of ether oxygens (including phenoxy) is 2. The van der Waals surface area contributed by atoms with Crippen LogP contribution < -0.4 is 14.8 Å². The van der Waals surface area contributed by atoms with E-state index in [0.717, 1.165) is 23.5 Å². The molecule has 2 unspecified atom stereocenters. The predicted molar refractivity (Wildman–Crippen MR) is 79.1 cm³/mol. The Kier molecular flexibility index (Phi) is 4.55. The van der Waals surface area contributed by atoms with Gasteiger partial charge in [0.1, 0.15) is 0 Å². The monoisotopic (exact) mass is 279 g/mol. The molecule has 0 fully saturated rings. The molecule has 0 amide bonds. The van der Waals surface area contributed by atoms with E-state index in [1.165, 1.54) is 0 Å². The van der Waals surface area contributed by atoms with Crippen LogP contribution in [0.2, 0.25) is 0 Å². The second-order valence-corrected chi connectivity index (χ2v) is 6.31. The van der Waals surface area contributed by atoms with Gasteiger partial charge in [0, 0.05) is 12.6 Å². The molecule has 0 bridgehead atoms. The van der Waals surface area contributed by atoms with E-state index in [9.17, 15) is 5.11 Å². The van der Waals surface area contributed by atoms with Crippen LogP contribution >= 0.6 is 0 Å². The van der Waals surface area contributed by atoms with Gasteiger partial charge in [0.05, 0.1) is 5.60 Å². The van der Waals surface area contributed by atoms with Gasteiger partial charge in [-0.25, -0.2) is 0 Å². The number of aliphatic hydroxyl groups is 1. The molecular weight excluding hydrogens is 254 g/mol. The first-order valence-electron chi connectivity index (χ1n) is 7.23. The molecule has 2 rings (SSSR count). The molecule has 2 N–H and O–H groups in total. The lowest BCUT2D eigenvalue weighted by Crippen LogP contribution is -2.39. The van der Waals surface area contributed by atoms with Gasteiger partial charge in [-0.15, -0.1) is 0 Å². The van der Waals surface area contributed by atoms with E-state index < -0.39 is 5.60 Å². The third-order valence-electron chi connectivity index (χ3n) is 3.53. The maximum absolute atomic E-state index is 10.3. The van der Waals surface area contributed by atoms with Gasteiger partial charge in [-0.2, -0.15) is 0 Å². The summed E-state index contributed by atoms with van der Waals surface area (Å²) in [6.45, 7) is 9.07. The van der Waals surface area contributed by atoms with Crippen LogP contribution in [0, 0.1) is 5.92 Å². The molecule has 4 nitrogen and oxygen atoms in total. The maximum atomic E-state index is 10.3. The summed E-state index contributed by atoms with van der Waals surface area (Å²) in [5.41, 5.74) is 0.452. The van der Waals surface area contributed by atoms with Crippen LogP contribution in [0.15, 0.2) is 18.2 Å². The molecule has 0 saturated carbocycles. The molecule has 0 aliphatic carbocycles. The fourth-order valence-corrected chi connectivity index (χ4v) is 2.62. The lowest BCUT2D eigenvalue weighted by atomic mass is 9.94. The molecule has 1 aromatic carbocycles. The molecule has 0 radical (unpaired) electrons. The van der Waals surface area contributed by atoms with Crippen molar-refractivity contribution in [1.82, 2.24) is 5.32 Å². The van der Waals surface area contributed by atoms with Crippen molar-refractivity contribution in [2.45, 2.75) is 45.8 Å². The van der Waals surface area contributed by atoms with E-state index in [1.54, 1.807) is 0 Å².